The number of rotatable bonds is 13. The Bertz CT molecular complexity index is 1380. The van der Waals surface area contributed by atoms with Crippen molar-refractivity contribution >= 4 is 17.3 Å². The summed E-state index contributed by atoms with van der Waals surface area (Å²) in [5, 5.41) is 3.21. The Morgan fingerprint density at radius 2 is 1.44 bits per heavy atom. The summed E-state index contributed by atoms with van der Waals surface area (Å²) in [6.45, 7) is 9.35. The molecule has 1 N–H and O–H groups in total. The normalized spacial score (nSPS) is 12.1. The summed E-state index contributed by atoms with van der Waals surface area (Å²) in [7, 11) is 0. The van der Waals surface area contributed by atoms with Crippen molar-refractivity contribution in [3.63, 3.8) is 0 Å². The van der Waals surface area contributed by atoms with Crippen LogP contribution in [0.15, 0.2) is 103 Å². The molecule has 0 saturated carbocycles. The molecule has 0 amide bonds. The van der Waals surface area contributed by atoms with E-state index < -0.39 is 11.7 Å². The van der Waals surface area contributed by atoms with Crippen LogP contribution in [0.25, 0.3) is 0 Å². The van der Waals surface area contributed by atoms with Crippen LogP contribution in [0.4, 0.5) is 18.9 Å². The maximum atomic E-state index is 13.6. The van der Waals surface area contributed by atoms with Gasteiger partial charge >= 0.3 is 6.18 Å². The smallest absolute Gasteiger partial charge is 0.417 e. The summed E-state index contributed by atoms with van der Waals surface area (Å²) in [5.74, 6) is 0.802. The Morgan fingerprint density at radius 1 is 0.814 bits per heavy atom. The van der Waals surface area contributed by atoms with E-state index in [9.17, 15) is 13.2 Å². The highest BCUT2D eigenvalue weighted by molar-refractivity contribution is 6.32. The van der Waals surface area contributed by atoms with E-state index >= 15 is 0 Å². The van der Waals surface area contributed by atoms with Crippen molar-refractivity contribution in [1.82, 2.24) is 4.90 Å². The lowest BCUT2D eigenvalue weighted by Gasteiger charge is -2.29. The van der Waals surface area contributed by atoms with Gasteiger partial charge in [-0.05, 0) is 46.7 Å². The van der Waals surface area contributed by atoms with Gasteiger partial charge in [0.1, 0.15) is 5.75 Å². The predicted octanol–water partition coefficient (Wildman–Crippen LogP) is 9.92. The molecule has 0 unspecified atom stereocenters. The van der Waals surface area contributed by atoms with Crippen molar-refractivity contribution < 1.29 is 17.9 Å². The van der Waals surface area contributed by atoms with Gasteiger partial charge in [0.2, 0.25) is 0 Å². The van der Waals surface area contributed by atoms with E-state index in [0.717, 1.165) is 35.2 Å². The van der Waals surface area contributed by atoms with Crippen LogP contribution < -0.4 is 10.1 Å². The Kier molecular flexibility index (Phi) is 11.2. The Labute approximate surface area is 258 Å². The van der Waals surface area contributed by atoms with E-state index in [1.54, 1.807) is 6.07 Å². The molecule has 7 heteroatoms. The molecule has 0 spiro atoms. The molecular formula is C36H40ClF3N2O. The van der Waals surface area contributed by atoms with Crippen LogP contribution in [-0.2, 0) is 12.7 Å². The van der Waals surface area contributed by atoms with Gasteiger partial charge in [0, 0.05) is 43.9 Å². The Morgan fingerprint density at radius 3 is 2.05 bits per heavy atom. The Hall–Kier alpha value is -3.48. The van der Waals surface area contributed by atoms with Crippen molar-refractivity contribution in [3.8, 4) is 5.75 Å². The van der Waals surface area contributed by atoms with E-state index in [1.165, 1.54) is 6.07 Å². The zero-order valence-corrected chi connectivity index (χ0v) is 25.8. The van der Waals surface area contributed by atoms with Crippen molar-refractivity contribution in [3.05, 3.63) is 130 Å². The van der Waals surface area contributed by atoms with Crippen molar-refractivity contribution in [2.45, 2.75) is 45.8 Å². The molecule has 228 valence electrons. The Balaban J connectivity index is 1.51. The molecule has 0 saturated heterocycles. The van der Waals surface area contributed by atoms with Crippen molar-refractivity contribution in [2.24, 2.45) is 5.41 Å². The number of alkyl halides is 3. The number of benzene rings is 4. The van der Waals surface area contributed by atoms with E-state index in [0.29, 0.717) is 31.7 Å². The lowest BCUT2D eigenvalue weighted by Crippen LogP contribution is -2.31. The third-order valence-electron chi connectivity index (χ3n) is 7.17. The van der Waals surface area contributed by atoms with Gasteiger partial charge in [0.25, 0.3) is 0 Å². The van der Waals surface area contributed by atoms with Gasteiger partial charge < -0.3 is 10.1 Å². The van der Waals surface area contributed by atoms with Gasteiger partial charge in [-0.2, -0.15) is 13.2 Å². The van der Waals surface area contributed by atoms with Crippen LogP contribution in [0.2, 0.25) is 5.02 Å². The highest BCUT2D eigenvalue weighted by atomic mass is 35.5. The first-order valence-corrected chi connectivity index (χ1v) is 15.0. The van der Waals surface area contributed by atoms with Crippen molar-refractivity contribution in [2.75, 3.05) is 31.6 Å². The van der Waals surface area contributed by atoms with Crippen LogP contribution in [0.5, 0.6) is 5.75 Å². The first-order chi connectivity index (χ1) is 20.5. The molecule has 4 aromatic rings. The lowest BCUT2D eigenvalue weighted by atomic mass is 9.90. The first kappa shape index (κ1) is 32.4. The quantitative estimate of drug-likeness (QED) is 0.153. The van der Waals surface area contributed by atoms with Crippen molar-refractivity contribution in [1.29, 1.82) is 0 Å². The molecule has 0 radical (unpaired) electrons. The molecule has 43 heavy (non-hydrogen) atoms. The van der Waals surface area contributed by atoms with Crippen LogP contribution in [0, 0.1) is 5.41 Å². The second kappa shape index (κ2) is 14.8. The maximum Gasteiger partial charge on any atom is 0.417 e. The second-order valence-electron chi connectivity index (χ2n) is 12.0. The highest BCUT2D eigenvalue weighted by Crippen LogP contribution is 2.37. The summed E-state index contributed by atoms with van der Waals surface area (Å²) in [6, 6.07) is 32.4. The molecule has 4 aromatic carbocycles. The topological polar surface area (TPSA) is 24.5 Å². The summed E-state index contributed by atoms with van der Waals surface area (Å²) < 4.78 is 47.0. The number of halogens is 4. The molecule has 0 aliphatic heterocycles. The second-order valence-corrected chi connectivity index (χ2v) is 12.4. The third kappa shape index (κ3) is 10.0. The van der Waals surface area contributed by atoms with Gasteiger partial charge in [-0.3, -0.25) is 4.90 Å². The molecule has 0 aliphatic rings. The van der Waals surface area contributed by atoms with Crippen LogP contribution in [-0.4, -0.2) is 31.1 Å². The summed E-state index contributed by atoms with van der Waals surface area (Å²) in [6.07, 6.45) is -3.83. The number of ether oxygens (including phenoxy) is 1. The fourth-order valence-corrected chi connectivity index (χ4v) is 5.26. The molecule has 0 fully saturated rings. The summed E-state index contributed by atoms with van der Waals surface area (Å²) in [4.78, 5) is 2.18. The minimum atomic E-state index is -4.52. The van der Waals surface area contributed by atoms with Crippen LogP contribution >= 0.6 is 11.6 Å². The molecule has 0 atom stereocenters. The largest absolute Gasteiger partial charge is 0.493 e. The first-order valence-electron chi connectivity index (χ1n) is 14.6. The average Bonchev–Trinajstić information content (AvgIpc) is 2.98. The number of nitrogens with zero attached hydrogens (tertiary/aromatic N) is 1. The zero-order chi connectivity index (χ0) is 30.9. The van der Waals surface area contributed by atoms with E-state index in [4.69, 9.17) is 16.3 Å². The minimum Gasteiger partial charge on any atom is -0.493 e. The third-order valence-corrected chi connectivity index (χ3v) is 7.61. The molecular weight excluding hydrogens is 569 g/mol. The van der Waals surface area contributed by atoms with Gasteiger partial charge in [-0.15, -0.1) is 0 Å². The number of hydrogen-bond donors (Lipinski definition) is 1. The van der Waals surface area contributed by atoms with E-state index in [-0.39, 0.29) is 22.9 Å². The fraction of sp³-hybridized carbons (Fsp3) is 0.333. The number of hydrogen-bond acceptors (Lipinski definition) is 3. The standard InChI is InChI=1S/C36H40ClF3N2O/c1-35(2,3)26-41-30-18-11-19-31(23-30)43-22-12-21-42(24-29-17-10-20-33(34(29)37)36(38,39)40)25-32(27-13-6-4-7-14-27)28-15-8-5-9-16-28/h4-11,13-20,23,32,41H,12,21-22,24-26H2,1-3H3. The number of anilines is 1. The predicted molar refractivity (Wildman–Crippen MR) is 171 cm³/mol. The zero-order valence-electron chi connectivity index (χ0n) is 25.0. The van der Waals surface area contributed by atoms with Crippen LogP contribution in [0.3, 0.4) is 0 Å². The summed E-state index contributed by atoms with van der Waals surface area (Å²) in [5.41, 5.74) is 3.09. The van der Waals surface area contributed by atoms with Gasteiger partial charge in [0.05, 0.1) is 17.2 Å². The van der Waals surface area contributed by atoms with E-state index in [1.807, 2.05) is 60.7 Å². The fourth-order valence-electron chi connectivity index (χ4n) is 4.97. The molecule has 4 rings (SSSR count). The van der Waals surface area contributed by atoms with E-state index in [2.05, 4.69) is 55.3 Å². The average molecular weight is 609 g/mol. The van der Waals surface area contributed by atoms with Gasteiger partial charge in [-0.25, -0.2) is 0 Å². The van der Waals surface area contributed by atoms with Crippen LogP contribution in [0.1, 0.15) is 55.4 Å². The highest BCUT2D eigenvalue weighted by Gasteiger charge is 2.34. The monoisotopic (exact) mass is 608 g/mol. The molecule has 3 nitrogen and oxygen atoms in total. The summed E-state index contributed by atoms with van der Waals surface area (Å²) >= 11 is 6.34. The van der Waals surface area contributed by atoms with Gasteiger partial charge in [-0.1, -0.05) is 111 Å². The lowest BCUT2D eigenvalue weighted by molar-refractivity contribution is -0.137. The SMILES string of the molecule is CC(C)(C)CNc1cccc(OCCCN(Cc2cccc(C(F)(F)F)c2Cl)CC(c2ccccc2)c2ccccc2)c1. The molecule has 0 aliphatic carbocycles. The minimum absolute atomic E-state index is 0.0264. The molecule has 0 bridgehead atoms. The molecule has 0 heterocycles. The maximum absolute atomic E-state index is 13.6. The number of nitrogens with one attached hydrogen (secondary N) is 1. The van der Waals surface area contributed by atoms with Gasteiger partial charge in [0.15, 0.2) is 0 Å². The molecule has 0 aromatic heterocycles.